The van der Waals surface area contributed by atoms with Gasteiger partial charge in [0.2, 0.25) is 0 Å². The Bertz CT molecular complexity index is 239. The predicted octanol–water partition coefficient (Wildman–Crippen LogP) is 2.15. The van der Waals surface area contributed by atoms with Gasteiger partial charge in [0.1, 0.15) is 0 Å². The lowest BCUT2D eigenvalue weighted by atomic mass is 10.3. The summed E-state index contributed by atoms with van der Waals surface area (Å²) in [6, 6.07) is 2.33. The molecule has 0 spiro atoms. The molecule has 0 amide bonds. The molecule has 2 N–H and O–H groups in total. The number of hydrogen-bond donors (Lipinski definition) is 1. The number of rotatable bonds is 0. The van der Waals surface area contributed by atoms with Crippen molar-refractivity contribution in [3.63, 3.8) is 0 Å². The van der Waals surface area contributed by atoms with Crippen molar-refractivity contribution in [2.45, 2.75) is 0 Å². The maximum Gasteiger partial charge on any atom is 0.172 e. The highest BCUT2D eigenvalue weighted by atomic mass is 127. The molecule has 0 aliphatic heterocycles. The van der Waals surface area contributed by atoms with Gasteiger partial charge in [-0.25, -0.2) is 8.78 Å². The minimum Gasteiger partial charge on any atom is -0.399 e. The molecular weight excluding hydrogens is 251 g/mol. The molecule has 0 saturated carbocycles. The molecule has 0 unspecified atom stereocenters. The van der Waals surface area contributed by atoms with Gasteiger partial charge in [-0.05, 0) is 34.7 Å². The van der Waals surface area contributed by atoms with Gasteiger partial charge in [0, 0.05) is 5.69 Å². The maximum absolute atomic E-state index is 12.5. The zero-order valence-corrected chi connectivity index (χ0v) is 7.02. The van der Waals surface area contributed by atoms with Crippen molar-refractivity contribution in [1.82, 2.24) is 0 Å². The third-order valence-electron chi connectivity index (χ3n) is 1.01. The second kappa shape index (κ2) is 2.69. The van der Waals surface area contributed by atoms with Crippen molar-refractivity contribution in [3.8, 4) is 0 Å². The van der Waals surface area contributed by atoms with E-state index in [1.807, 2.05) is 0 Å². The molecule has 0 saturated heterocycles. The Morgan fingerprint density at radius 1 is 1.30 bits per heavy atom. The molecule has 0 aliphatic rings. The molecule has 0 aliphatic carbocycles. The molecule has 0 fully saturated rings. The quantitative estimate of drug-likeness (QED) is 0.429. The van der Waals surface area contributed by atoms with Crippen LogP contribution in [0.2, 0.25) is 0 Å². The van der Waals surface area contributed by atoms with Gasteiger partial charge in [-0.2, -0.15) is 0 Å². The van der Waals surface area contributed by atoms with Crippen LogP contribution in [-0.2, 0) is 0 Å². The minimum absolute atomic E-state index is 0.204. The van der Waals surface area contributed by atoms with E-state index in [1.54, 1.807) is 22.6 Å². The molecule has 1 rings (SSSR count). The molecule has 0 heterocycles. The maximum atomic E-state index is 12.5. The van der Waals surface area contributed by atoms with E-state index in [0.29, 0.717) is 0 Å². The molecule has 1 aromatic carbocycles. The number of halogens is 3. The number of nitrogens with two attached hydrogens (primary N) is 1. The van der Waals surface area contributed by atoms with Gasteiger partial charge in [-0.1, -0.05) is 0 Å². The summed E-state index contributed by atoms with van der Waals surface area (Å²) in [6.07, 6.45) is 0. The summed E-state index contributed by atoms with van der Waals surface area (Å²) in [7, 11) is 0. The monoisotopic (exact) mass is 255 g/mol. The summed E-state index contributed by atoms with van der Waals surface area (Å²) in [6.45, 7) is 0. The van der Waals surface area contributed by atoms with Crippen LogP contribution in [0.4, 0.5) is 14.5 Å². The van der Waals surface area contributed by atoms with E-state index in [4.69, 9.17) is 5.73 Å². The Balaban J connectivity index is 3.31. The Morgan fingerprint density at radius 3 is 2.40 bits per heavy atom. The van der Waals surface area contributed by atoms with Crippen LogP contribution in [0.25, 0.3) is 0 Å². The smallest absolute Gasteiger partial charge is 0.172 e. The van der Waals surface area contributed by atoms with E-state index in [0.717, 1.165) is 6.07 Å². The first kappa shape index (κ1) is 7.71. The highest BCUT2D eigenvalue weighted by Gasteiger charge is 2.05. The van der Waals surface area contributed by atoms with Gasteiger partial charge in [-0.3, -0.25) is 0 Å². The Kier molecular flexibility index (Phi) is 2.08. The SMILES string of the molecule is Nc1cc(F)c(F)c(I)c1. The van der Waals surface area contributed by atoms with E-state index in [-0.39, 0.29) is 9.26 Å². The lowest BCUT2D eigenvalue weighted by Crippen LogP contribution is -1.92. The van der Waals surface area contributed by atoms with Crippen LogP contribution in [0.15, 0.2) is 12.1 Å². The zero-order valence-electron chi connectivity index (χ0n) is 4.87. The topological polar surface area (TPSA) is 26.0 Å². The van der Waals surface area contributed by atoms with E-state index in [2.05, 4.69) is 0 Å². The van der Waals surface area contributed by atoms with Crippen LogP contribution in [0, 0.1) is 15.2 Å². The second-order valence-corrected chi connectivity index (χ2v) is 2.96. The first-order valence-corrected chi connectivity index (χ1v) is 3.59. The van der Waals surface area contributed by atoms with Crippen LogP contribution in [0.5, 0.6) is 0 Å². The molecule has 0 bridgehead atoms. The molecule has 0 radical (unpaired) electrons. The van der Waals surface area contributed by atoms with Crippen LogP contribution >= 0.6 is 22.6 Å². The summed E-state index contributed by atoms with van der Waals surface area (Å²) in [5, 5.41) is 0. The van der Waals surface area contributed by atoms with E-state index >= 15 is 0 Å². The number of benzene rings is 1. The lowest BCUT2D eigenvalue weighted by Gasteiger charge is -1.97. The number of anilines is 1. The summed E-state index contributed by atoms with van der Waals surface area (Å²) in [5.74, 6) is -1.74. The lowest BCUT2D eigenvalue weighted by molar-refractivity contribution is 0.504. The Morgan fingerprint density at radius 2 is 1.90 bits per heavy atom. The second-order valence-electron chi connectivity index (χ2n) is 1.80. The van der Waals surface area contributed by atoms with E-state index in [9.17, 15) is 8.78 Å². The predicted molar refractivity (Wildman–Crippen MR) is 43.5 cm³/mol. The molecule has 54 valence electrons. The normalized spacial score (nSPS) is 9.90. The van der Waals surface area contributed by atoms with Crippen molar-refractivity contribution >= 4 is 28.3 Å². The molecule has 1 aromatic rings. The standard InChI is InChI=1S/C6H4F2IN/c7-4-1-3(10)2-5(9)6(4)8/h1-2H,10H2. The molecule has 0 atom stereocenters. The molecule has 4 heteroatoms. The Labute approximate surface area is 70.4 Å². The summed E-state index contributed by atoms with van der Waals surface area (Å²) in [5.41, 5.74) is 5.46. The van der Waals surface area contributed by atoms with Gasteiger partial charge in [0.25, 0.3) is 0 Å². The first-order valence-electron chi connectivity index (χ1n) is 2.51. The Hall–Kier alpha value is -0.390. The van der Waals surface area contributed by atoms with Crippen LogP contribution < -0.4 is 5.73 Å². The zero-order chi connectivity index (χ0) is 7.72. The molecule has 1 nitrogen and oxygen atoms in total. The highest BCUT2D eigenvalue weighted by molar-refractivity contribution is 14.1. The fourth-order valence-electron chi connectivity index (χ4n) is 0.575. The van der Waals surface area contributed by atoms with Crippen molar-refractivity contribution in [1.29, 1.82) is 0 Å². The fraction of sp³-hybridized carbons (Fsp3) is 0. The average Bonchev–Trinajstić information content (AvgIpc) is 1.82. The first-order chi connectivity index (χ1) is 4.61. The van der Waals surface area contributed by atoms with E-state index in [1.165, 1.54) is 6.07 Å². The van der Waals surface area contributed by atoms with Gasteiger partial charge in [0.15, 0.2) is 11.6 Å². The van der Waals surface area contributed by atoms with Gasteiger partial charge < -0.3 is 5.73 Å². The van der Waals surface area contributed by atoms with Gasteiger partial charge >= 0.3 is 0 Å². The largest absolute Gasteiger partial charge is 0.399 e. The molecule has 10 heavy (non-hydrogen) atoms. The third-order valence-corrected chi connectivity index (χ3v) is 1.79. The minimum atomic E-state index is -0.899. The van der Waals surface area contributed by atoms with Crippen molar-refractivity contribution in [3.05, 3.63) is 27.3 Å². The highest BCUT2D eigenvalue weighted by Crippen LogP contribution is 2.17. The molecular formula is C6H4F2IN. The van der Waals surface area contributed by atoms with Gasteiger partial charge in [-0.15, -0.1) is 0 Å². The third kappa shape index (κ3) is 1.36. The fourth-order valence-corrected chi connectivity index (χ4v) is 1.19. The van der Waals surface area contributed by atoms with E-state index < -0.39 is 11.6 Å². The average molecular weight is 255 g/mol. The molecule has 0 aromatic heterocycles. The summed E-state index contributed by atoms with van der Waals surface area (Å²) >= 11 is 1.68. The van der Waals surface area contributed by atoms with Crippen molar-refractivity contribution in [2.75, 3.05) is 5.73 Å². The number of nitrogen functional groups attached to an aromatic ring is 1. The van der Waals surface area contributed by atoms with Gasteiger partial charge in [0.05, 0.1) is 3.57 Å². The number of hydrogen-bond acceptors (Lipinski definition) is 1. The van der Waals surface area contributed by atoms with Crippen LogP contribution in [0.1, 0.15) is 0 Å². The summed E-state index contributed by atoms with van der Waals surface area (Å²) < 4.78 is 25.1. The van der Waals surface area contributed by atoms with Crippen molar-refractivity contribution in [2.24, 2.45) is 0 Å². The van der Waals surface area contributed by atoms with Crippen molar-refractivity contribution < 1.29 is 8.78 Å². The van der Waals surface area contributed by atoms with Crippen LogP contribution in [0.3, 0.4) is 0 Å². The summed E-state index contributed by atoms with van der Waals surface area (Å²) in [4.78, 5) is 0. The van der Waals surface area contributed by atoms with Crippen LogP contribution in [-0.4, -0.2) is 0 Å².